The molecule has 0 fully saturated rings. The van der Waals surface area contributed by atoms with Crippen LogP contribution in [0.5, 0.6) is 34.5 Å². The fourth-order valence-electron chi connectivity index (χ4n) is 4.57. The van der Waals surface area contributed by atoms with Crippen molar-refractivity contribution in [2.45, 2.75) is 5.92 Å². The molecule has 0 heterocycles. The first-order valence-corrected chi connectivity index (χ1v) is 10.9. The van der Waals surface area contributed by atoms with E-state index >= 15 is 0 Å². The van der Waals surface area contributed by atoms with E-state index in [4.69, 9.17) is 37.9 Å². The van der Waals surface area contributed by atoms with Crippen LogP contribution in [0, 0.1) is 5.92 Å². The Hall–Kier alpha value is -4.08. The van der Waals surface area contributed by atoms with Crippen LogP contribution in [0.25, 0.3) is 6.08 Å². The second-order valence-corrected chi connectivity index (χ2v) is 7.68. The van der Waals surface area contributed by atoms with E-state index in [9.17, 15) is 9.59 Å². The maximum atomic E-state index is 13.2. The molecule has 3 rings (SSSR count). The summed E-state index contributed by atoms with van der Waals surface area (Å²) < 4.78 is 43.6. The first-order chi connectivity index (χ1) is 17.3. The lowest BCUT2D eigenvalue weighted by molar-refractivity contribution is -0.147. The van der Waals surface area contributed by atoms with E-state index in [1.165, 1.54) is 56.9 Å². The Balaban J connectivity index is 2.51. The Morgan fingerprint density at radius 2 is 1.17 bits per heavy atom. The van der Waals surface area contributed by atoms with Crippen LogP contribution in [-0.4, -0.2) is 68.8 Å². The van der Waals surface area contributed by atoms with Gasteiger partial charge < -0.3 is 37.9 Å². The molecule has 2 atom stereocenters. The molecule has 1 aliphatic carbocycles. The van der Waals surface area contributed by atoms with E-state index in [1.54, 1.807) is 24.3 Å². The van der Waals surface area contributed by atoms with Gasteiger partial charge in [-0.1, -0.05) is 0 Å². The molecule has 36 heavy (non-hydrogen) atoms. The maximum absolute atomic E-state index is 13.2. The van der Waals surface area contributed by atoms with E-state index in [-0.39, 0.29) is 5.57 Å². The molecule has 0 aromatic heterocycles. The Kier molecular flexibility index (Phi) is 8.18. The van der Waals surface area contributed by atoms with E-state index in [0.29, 0.717) is 51.2 Å². The van der Waals surface area contributed by atoms with Crippen molar-refractivity contribution >= 4 is 18.0 Å². The van der Waals surface area contributed by atoms with Crippen LogP contribution in [0.1, 0.15) is 22.6 Å². The van der Waals surface area contributed by atoms with Crippen molar-refractivity contribution in [2.75, 3.05) is 56.9 Å². The lowest BCUT2D eigenvalue weighted by Gasteiger charge is -2.34. The number of rotatable bonds is 9. The fourth-order valence-corrected chi connectivity index (χ4v) is 4.57. The lowest BCUT2D eigenvalue weighted by atomic mass is 9.70. The molecular weight excluding hydrogens is 472 g/mol. The van der Waals surface area contributed by atoms with Crippen molar-refractivity contribution in [2.24, 2.45) is 5.92 Å². The zero-order valence-electron chi connectivity index (χ0n) is 21.5. The topological polar surface area (TPSA) is 108 Å². The number of esters is 2. The van der Waals surface area contributed by atoms with Crippen LogP contribution in [0.3, 0.4) is 0 Å². The summed E-state index contributed by atoms with van der Waals surface area (Å²) in [5.74, 6) is -1.06. The predicted octanol–water partition coefficient (Wildman–Crippen LogP) is 3.23. The van der Waals surface area contributed by atoms with Gasteiger partial charge in [0.15, 0.2) is 23.0 Å². The molecule has 2 aromatic carbocycles. The first kappa shape index (κ1) is 26.5. The van der Waals surface area contributed by atoms with Crippen LogP contribution in [-0.2, 0) is 19.1 Å². The molecule has 0 amide bonds. The molecule has 0 aliphatic heterocycles. The van der Waals surface area contributed by atoms with E-state index in [1.807, 2.05) is 0 Å². The second-order valence-electron chi connectivity index (χ2n) is 7.68. The highest BCUT2D eigenvalue weighted by molar-refractivity contribution is 6.02. The molecular formula is C26H30O10. The summed E-state index contributed by atoms with van der Waals surface area (Å²) >= 11 is 0. The average Bonchev–Trinajstić information content (AvgIpc) is 2.92. The molecule has 1 unspecified atom stereocenters. The molecule has 194 valence electrons. The zero-order valence-corrected chi connectivity index (χ0v) is 21.5. The molecule has 0 saturated heterocycles. The number of hydrogen-bond acceptors (Lipinski definition) is 10. The summed E-state index contributed by atoms with van der Waals surface area (Å²) in [7, 11) is 11.4. The summed E-state index contributed by atoms with van der Waals surface area (Å²) in [4.78, 5) is 26.2. The summed E-state index contributed by atoms with van der Waals surface area (Å²) in [6, 6.07) is 5.13. The molecule has 0 spiro atoms. The maximum Gasteiger partial charge on any atom is 0.334 e. The third-order valence-electron chi connectivity index (χ3n) is 6.11. The number of ether oxygens (including phenoxy) is 8. The zero-order chi connectivity index (χ0) is 26.6. The largest absolute Gasteiger partial charge is 0.493 e. The molecule has 1 aliphatic rings. The van der Waals surface area contributed by atoms with Gasteiger partial charge in [0.05, 0.1) is 68.4 Å². The summed E-state index contributed by atoms with van der Waals surface area (Å²) in [5, 5.41) is 0. The number of carbonyl (C=O) groups excluding carboxylic acids is 2. The Labute approximate surface area is 209 Å². The van der Waals surface area contributed by atoms with E-state index < -0.39 is 23.8 Å². The van der Waals surface area contributed by atoms with Crippen molar-refractivity contribution in [3.63, 3.8) is 0 Å². The molecule has 0 radical (unpaired) electrons. The van der Waals surface area contributed by atoms with Gasteiger partial charge in [-0.2, -0.15) is 0 Å². The van der Waals surface area contributed by atoms with Gasteiger partial charge in [0.1, 0.15) is 0 Å². The van der Waals surface area contributed by atoms with E-state index in [0.717, 1.165) is 0 Å². The van der Waals surface area contributed by atoms with Crippen molar-refractivity contribution in [3.8, 4) is 34.5 Å². The van der Waals surface area contributed by atoms with Gasteiger partial charge >= 0.3 is 11.9 Å². The average molecular weight is 503 g/mol. The highest BCUT2D eigenvalue weighted by Crippen LogP contribution is 2.54. The first-order valence-electron chi connectivity index (χ1n) is 10.9. The van der Waals surface area contributed by atoms with Crippen LogP contribution >= 0.6 is 0 Å². The van der Waals surface area contributed by atoms with Gasteiger partial charge in [-0.25, -0.2) is 4.79 Å². The quantitative estimate of drug-likeness (QED) is 0.474. The number of benzene rings is 2. The van der Waals surface area contributed by atoms with Crippen LogP contribution in [0.2, 0.25) is 0 Å². The number of methoxy groups -OCH3 is 8. The van der Waals surface area contributed by atoms with Gasteiger partial charge in [-0.15, -0.1) is 0 Å². The Morgan fingerprint density at radius 1 is 0.639 bits per heavy atom. The minimum absolute atomic E-state index is 0.102. The monoisotopic (exact) mass is 502 g/mol. The van der Waals surface area contributed by atoms with Crippen molar-refractivity contribution in [3.05, 3.63) is 40.5 Å². The van der Waals surface area contributed by atoms with Crippen molar-refractivity contribution in [1.29, 1.82) is 0 Å². The molecule has 0 N–H and O–H groups in total. The highest BCUT2D eigenvalue weighted by Gasteiger charge is 2.45. The smallest absolute Gasteiger partial charge is 0.334 e. The van der Waals surface area contributed by atoms with Crippen LogP contribution in [0.15, 0.2) is 23.8 Å². The third-order valence-corrected chi connectivity index (χ3v) is 6.11. The minimum Gasteiger partial charge on any atom is -0.493 e. The molecule has 10 heteroatoms. The number of hydrogen-bond donors (Lipinski definition) is 0. The van der Waals surface area contributed by atoms with Gasteiger partial charge in [0, 0.05) is 11.5 Å². The highest BCUT2D eigenvalue weighted by atomic mass is 16.5. The lowest BCUT2D eigenvalue weighted by Crippen LogP contribution is -2.33. The molecule has 0 bridgehead atoms. The summed E-state index contributed by atoms with van der Waals surface area (Å²) in [5.41, 5.74) is 1.82. The minimum atomic E-state index is -1.09. The Bertz CT molecular complexity index is 1160. The normalized spacial score (nSPS) is 16.2. The molecule has 2 aromatic rings. The van der Waals surface area contributed by atoms with Crippen molar-refractivity contribution in [1.82, 2.24) is 0 Å². The Morgan fingerprint density at radius 3 is 1.61 bits per heavy atom. The summed E-state index contributed by atoms with van der Waals surface area (Å²) in [6.45, 7) is 0. The molecule has 0 saturated carbocycles. The van der Waals surface area contributed by atoms with Gasteiger partial charge in [0.25, 0.3) is 0 Å². The van der Waals surface area contributed by atoms with E-state index in [2.05, 4.69) is 0 Å². The van der Waals surface area contributed by atoms with Crippen LogP contribution < -0.4 is 28.4 Å². The SMILES string of the molecule is COC(=O)C1=Cc2cc(OC)c(OC)c(OC)c2[C@H](c2cc(OC)c(OC)c(OC)c2)C1C(=O)OC. The van der Waals surface area contributed by atoms with Gasteiger partial charge in [0.2, 0.25) is 11.5 Å². The van der Waals surface area contributed by atoms with Gasteiger partial charge in [-0.3, -0.25) is 4.79 Å². The fraction of sp³-hybridized carbons (Fsp3) is 0.385. The second kappa shape index (κ2) is 11.1. The summed E-state index contributed by atoms with van der Waals surface area (Å²) in [6.07, 6.45) is 1.57. The third kappa shape index (κ3) is 4.34. The standard InChI is InChI=1S/C26H30O10/c1-29-16-11-14(12-17(30-2)22(16)32-4)19-20-13(10-18(31-3)23(33-5)24(20)34-6)9-15(25(27)35-7)21(19)26(28)36-8/h9-12,19,21H,1-8H3/t19-,21?/m0/s1. The van der Waals surface area contributed by atoms with Gasteiger partial charge in [-0.05, 0) is 35.4 Å². The molecule has 10 nitrogen and oxygen atoms in total. The van der Waals surface area contributed by atoms with Crippen molar-refractivity contribution < 1.29 is 47.5 Å². The number of carbonyl (C=O) groups is 2. The van der Waals surface area contributed by atoms with Crippen LogP contribution in [0.4, 0.5) is 0 Å². The predicted molar refractivity (Wildman–Crippen MR) is 130 cm³/mol. The number of fused-ring (bicyclic) bond motifs is 1.